The van der Waals surface area contributed by atoms with Crippen LogP contribution < -0.4 is 5.32 Å². The summed E-state index contributed by atoms with van der Waals surface area (Å²) in [6, 6.07) is 16.0. The molecule has 2 heterocycles. The van der Waals surface area contributed by atoms with Gasteiger partial charge >= 0.3 is 0 Å². The number of hydrogen-bond donors (Lipinski definition) is 2. The number of rotatable bonds is 5. The van der Waals surface area contributed by atoms with E-state index in [2.05, 4.69) is 44.7 Å². The second kappa shape index (κ2) is 7.68. The standard InChI is InChI=1S/C20H22N4O2/c25-20(19-17-3-1-2-4-18(17)22-23-19)21-13-15-5-7-16(8-6-15)14-24-9-11-26-12-10-24/h1-8H,9-14H2,(H,21,25)(H,22,23). The van der Waals surface area contributed by atoms with E-state index in [1.54, 1.807) is 0 Å². The summed E-state index contributed by atoms with van der Waals surface area (Å²) in [6.07, 6.45) is 0. The fourth-order valence-corrected chi connectivity index (χ4v) is 3.18. The fraction of sp³-hybridized carbons (Fsp3) is 0.300. The van der Waals surface area contributed by atoms with Gasteiger partial charge in [0.1, 0.15) is 0 Å². The number of morpholine rings is 1. The van der Waals surface area contributed by atoms with Gasteiger partial charge in [0, 0.05) is 31.6 Å². The maximum atomic E-state index is 12.4. The van der Waals surface area contributed by atoms with Gasteiger partial charge in [0.15, 0.2) is 5.69 Å². The second-order valence-corrected chi connectivity index (χ2v) is 6.51. The first-order valence-electron chi connectivity index (χ1n) is 8.89. The lowest BCUT2D eigenvalue weighted by Crippen LogP contribution is -2.35. The Bertz CT molecular complexity index is 882. The van der Waals surface area contributed by atoms with E-state index in [1.807, 2.05) is 24.3 Å². The van der Waals surface area contributed by atoms with Crippen molar-refractivity contribution >= 4 is 16.8 Å². The van der Waals surface area contributed by atoms with E-state index in [-0.39, 0.29) is 5.91 Å². The van der Waals surface area contributed by atoms with Gasteiger partial charge in [0.2, 0.25) is 0 Å². The third-order valence-electron chi connectivity index (χ3n) is 4.67. The number of H-pyrrole nitrogens is 1. The molecular weight excluding hydrogens is 328 g/mol. The zero-order chi connectivity index (χ0) is 17.8. The van der Waals surface area contributed by atoms with E-state index in [0.29, 0.717) is 12.2 Å². The van der Waals surface area contributed by atoms with Crippen LogP contribution in [0.5, 0.6) is 0 Å². The van der Waals surface area contributed by atoms with Gasteiger partial charge in [-0.05, 0) is 17.2 Å². The van der Waals surface area contributed by atoms with Crippen LogP contribution in [0.1, 0.15) is 21.6 Å². The minimum atomic E-state index is -0.167. The van der Waals surface area contributed by atoms with Crippen molar-refractivity contribution in [2.75, 3.05) is 26.3 Å². The number of aromatic amines is 1. The highest BCUT2D eigenvalue weighted by atomic mass is 16.5. The first-order chi connectivity index (χ1) is 12.8. The van der Waals surface area contributed by atoms with E-state index in [0.717, 1.165) is 49.3 Å². The molecule has 1 amide bonds. The lowest BCUT2D eigenvalue weighted by Gasteiger charge is -2.26. The zero-order valence-electron chi connectivity index (χ0n) is 14.6. The molecule has 4 rings (SSSR count). The zero-order valence-corrected chi connectivity index (χ0v) is 14.6. The van der Waals surface area contributed by atoms with Gasteiger partial charge in [-0.3, -0.25) is 14.8 Å². The molecule has 2 aromatic carbocycles. The summed E-state index contributed by atoms with van der Waals surface area (Å²) in [7, 11) is 0. The highest BCUT2D eigenvalue weighted by Crippen LogP contribution is 2.15. The number of amides is 1. The first kappa shape index (κ1) is 16.8. The maximum Gasteiger partial charge on any atom is 0.272 e. The largest absolute Gasteiger partial charge is 0.379 e. The molecule has 0 unspecified atom stereocenters. The SMILES string of the molecule is O=C(NCc1ccc(CN2CCOCC2)cc1)c1n[nH]c2ccccc12. The molecule has 0 aliphatic carbocycles. The molecule has 1 aliphatic heterocycles. The van der Waals surface area contributed by atoms with E-state index in [1.165, 1.54) is 5.56 Å². The third-order valence-corrected chi connectivity index (χ3v) is 4.67. The number of nitrogens with zero attached hydrogens (tertiary/aromatic N) is 2. The van der Waals surface area contributed by atoms with Gasteiger partial charge in [-0.2, -0.15) is 5.10 Å². The van der Waals surface area contributed by atoms with Crippen LogP contribution in [-0.4, -0.2) is 47.3 Å². The Labute approximate surface area is 152 Å². The summed E-state index contributed by atoms with van der Waals surface area (Å²) in [5, 5.41) is 10.8. The van der Waals surface area contributed by atoms with E-state index in [4.69, 9.17) is 4.74 Å². The highest BCUT2D eigenvalue weighted by molar-refractivity contribution is 6.04. The topological polar surface area (TPSA) is 70.2 Å². The molecule has 0 bridgehead atoms. The van der Waals surface area contributed by atoms with Crippen LogP contribution in [0, 0.1) is 0 Å². The molecule has 0 saturated carbocycles. The van der Waals surface area contributed by atoms with Crippen LogP contribution in [0.4, 0.5) is 0 Å². The van der Waals surface area contributed by atoms with E-state index >= 15 is 0 Å². The molecule has 0 atom stereocenters. The lowest BCUT2D eigenvalue weighted by molar-refractivity contribution is 0.0342. The van der Waals surface area contributed by atoms with Gasteiger partial charge in [-0.1, -0.05) is 42.5 Å². The number of ether oxygens (including phenoxy) is 1. The van der Waals surface area contributed by atoms with Gasteiger partial charge in [-0.25, -0.2) is 0 Å². The van der Waals surface area contributed by atoms with Gasteiger partial charge < -0.3 is 10.1 Å². The van der Waals surface area contributed by atoms with Crippen molar-refractivity contribution in [3.8, 4) is 0 Å². The predicted octanol–water partition coefficient (Wildman–Crippen LogP) is 2.33. The molecule has 0 spiro atoms. The summed E-state index contributed by atoms with van der Waals surface area (Å²) in [6.45, 7) is 5.01. The predicted molar refractivity (Wildman–Crippen MR) is 99.8 cm³/mol. The lowest BCUT2D eigenvalue weighted by atomic mass is 10.1. The Morgan fingerprint density at radius 3 is 2.62 bits per heavy atom. The Morgan fingerprint density at radius 2 is 1.81 bits per heavy atom. The summed E-state index contributed by atoms with van der Waals surface area (Å²) < 4.78 is 5.38. The van der Waals surface area contributed by atoms with Gasteiger partial charge in [-0.15, -0.1) is 0 Å². The Kier molecular flexibility index (Phi) is 4.95. The van der Waals surface area contributed by atoms with Crippen molar-refractivity contribution in [3.63, 3.8) is 0 Å². The Morgan fingerprint density at radius 1 is 1.08 bits per heavy atom. The number of benzene rings is 2. The van der Waals surface area contributed by atoms with E-state index < -0.39 is 0 Å². The number of nitrogens with one attached hydrogen (secondary N) is 2. The molecule has 134 valence electrons. The normalized spacial score (nSPS) is 15.2. The second-order valence-electron chi connectivity index (χ2n) is 6.51. The summed E-state index contributed by atoms with van der Waals surface area (Å²) in [5.74, 6) is -0.167. The molecule has 2 N–H and O–H groups in total. The van der Waals surface area contributed by atoms with Crippen LogP contribution >= 0.6 is 0 Å². The summed E-state index contributed by atoms with van der Waals surface area (Å²) in [4.78, 5) is 14.8. The third kappa shape index (κ3) is 3.76. The van der Waals surface area contributed by atoms with Crippen molar-refractivity contribution in [3.05, 3.63) is 65.4 Å². The monoisotopic (exact) mass is 350 g/mol. The molecule has 3 aromatic rings. The molecule has 1 aliphatic rings. The highest BCUT2D eigenvalue weighted by Gasteiger charge is 2.13. The number of fused-ring (bicyclic) bond motifs is 1. The van der Waals surface area contributed by atoms with Gasteiger partial charge in [0.25, 0.3) is 5.91 Å². The van der Waals surface area contributed by atoms with Crippen molar-refractivity contribution in [2.45, 2.75) is 13.1 Å². The average Bonchev–Trinajstić information content (AvgIpc) is 3.12. The molecule has 1 aromatic heterocycles. The molecule has 6 heteroatoms. The number of para-hydroxylation sites is 1. The van der Waals surface area contributed by atoms with Crippen LogP contribution in [0.2, 0.25) is 0 Å². The number of aromatic nitrogens is 2. The van der Waals surface area contributed by atoms with Crippen molar-refractivity contribution < 1.29 is 9.53 Å². The van der Waals surface area contributed by atoms with Crippen LogP contribution in [-0.2, 0) is 17.8 Å². The van der Waals surface area contributed by atoms with Crippen molar-refractivity contribution in [1.82, 2.24) is 20.4 Å². The van der Waals surface area contributed by atoms with Crippen molar-refractivity contribution in [1.29, 1.82) is 0 Å². The Balaban J connectivity index is 1.34. The quantitative estimate of drug-likeness (QED) is 0.741. The molecule has 26 heavy (non-hydrogen) atoms. The fourth-order valence-electron chi connectivity index (χ4n) is 3.18. The number of carbonyl (C=O) groups excluding carboxylic acids is 1. The van der Waals surface area contributed by atoms with Crippen LogP contribution in [0.3, 0.4) is 0 Å². The number of hydrogen-bond acceptors (Lipinski definition) is 4. The van der Waals surface area contributed by atoms with Crippen LogP contribution in [0.15, 0.2) is 48.5 Å². The molecular formula is C20H22N4O2. The van der Waals surface area contributed by atoms with E-state index in [9.17, 15) is 4.79 Å². The minimum Gasteiger partial charge on any atom is -0.379 e. The molecule has 1 saturated heterocycles. The molecule has 0 radical (unpaired) electrons. The van der Waals surface area contributed by atoms with Crippen molar-refractivity contribution in [2.24, 2.45) is 0 Å². The smallest absolute Gasteiger partial charge is 0.272 e. The first-order valence-corrected chi connectivity index (χ1v) is 8.89. The minimum absolute atomic E-state index is 0.167. The molecule has 6 nitrogen and oxygen atoms in total. The Hall–Kier alpha value is -2.70. The molecule has 1 fully saturated rings. The summed E-state index contributed by atoms with van der Waals surface area (Å²) in [5.41, 5.74) is 3.65. The van der Waals surface area contributed by atoms with Gasteiger partial charge in [0.05, 0.1) is 18.7 Å². The summed E-state index contributed by atoms with van der Waals surface area (Å²) >= 11 is 0. The number of carbonyl (C=O) groups is 1. The maximum absolute atomic E-state index is 12.4. The average molecular weight is 350 g/mol. The van der Waals surface area contributed by atoms with Crippen LogP contribution in [0.25, 0.3) is 10.9 Å².